The van der Waals surface area contributed by atoms with Crippen LogP contribution in [-0.2, 0) is 11.3 Å². The Morgan fingerprint density at radius 2 is 2.04 bits per heavy atom. The highest BCUT2D eigenvalue weighted by molar-refractivity contribution is 5.81. The molecule has 2 aromatic rings. The maximum absolute atomic E-state index is 12.2. The van der Waals surface area contributed by atoms with Crippen LogP contribution < -0.4 is 20.3 Å². The first-order valence-electron chi connectivity index (χ1n) is 7.40. The van der Waals surface area contributed by atoms with Crippen molar-refractivity contribution in [3.8, 4) is 11.5 Å². The van der Waals surface area contributed by atoms with Crippen LogP contribution in [0.3, 0.4) is 0 Å². The second kappa shape index (κ2) is 6.16. The van der Waals surface area contributed by atoms with Gasteiger partial charge in [0, 0.05) is 17.8 Å². The minimum absolute atomic E-state index is 0.145. The van der Waals surface area contributed by atoms with Gasteiger partial charge >= 0.3 is 0 Å². The molecule has 1 aromatic heterocycles. The number of fused-ring (bicyclic) bond motifs is 1. The minimum atomic E-state index is -0.727. The van der Waals surface area contributed by atoms with E-state index >= 15 is 0 Å². The van der Waals surface area contributed by atoms with Gasteiger partial charge in [0.1, 0.15) is 6.61 Å². The van der Waals surface area contributed by atoms with Crippen LogP contribution in [-0.4, -0.2) is 23.6 Å². The first kappa shape index (κ1) is 15.1. The number of para-hydroxylation sites is 2. The molecule has 120 valence electrons. The SMILES string of the molecule is Cc1cc(C)c(CNC(=O)[C@@H]2COc3ccccc3O2)c(=O)[nH]1. The third-order valence-corrected chi connectivity index (χ3v) is 3.73. The number of hydrogen-bond acceptors (Lipinski definition) is 4. The van der Waals surface area contributed by atoms with Gasteiger partial charge in [-0.3, -0.25) is 9.59 Å². The maximum Gasteiger partial charge on any atom is 0.264 e. The molecule has 1 aromatic carbocycles. The van der Waals surface area contributed by atoms with E-state index in [0.29, 0.717) is 17.1 Å². The third-order valence-electron chi connectivity index (χ3n) is 3.73. The Balaban J connectivity index is 1.66. The molecule has 0 radical (unpaired) electrons. The van der Waals surface area contributed by atoms with Crippen molar-refractivity contribution in [1.82, 2.24) is 10.3 Å². The molecule has 1 amide bonds. The van der Waals surface area contributed by atoms with Crippen LogP contribution in [0.1, 0.15) is 16.8 Å². The average Bonchev–Trinajstić information content (AvgIpc) is 2.53. The Kier molecular flexibility index (Phi) is 4.06. The summed E-state index contributed by atoms with van der Waals surface area (Å²) < 4.78 is 11.2. The van der Waals surface area contributed by atoms with Crippen molar-refractivity contribution in [1.29, 1.82) is 0 Å². The molecule has 0 spiro atoms. The summed E-state index contributed by atoms with van der Waals surface area (Å²) in [7, 11) is 0. The van der Waals surface area contributed by atoms with Gasteiger partial charge in [-0.25, -0.2) is 0 Å². The van der Waals surface area contributed by atoms with E-state index in [2.05, 4.69) is 10.3 Å². The fourth-order valence-electron chi connectivity index (χ4n) is 2.54. The molecule has 1 aliphatic rings. The quantitative estimate of drug-likeness (QED) is 0.898. The van der Waals surface area contributed by atoms with Gasteiger partial charge in [0.15, 0.2) is 11.5 Å². The van der Waals surface area contributed by atoms with Crippen LogP contribution in [0.5, 0.6) is 11.5 Å². The normalized spacial score (nSPS) is 16.0. The lowest BCUT2D eigenvalue weighted by molar-refractivity contribution is -0.130. The van der Waals surface area contributed by atoms with Crippen molar-refractivity contribution >= 4 is 5.91 Å². The van der Waals surface area contributed by atoms with E-state index in [1.165, 1.54) is 0 Å². The molecule has 1 atom stereocenters. The monoisotopic (exact) mass is 314 g/mol. The molecular weight excluding hydrogens is 296 g/mol. The Morgan fingerprint density at radius 3 is 2.78 bits per heavy atom. The largest absolute Gasteiger partial charge is 0.485 e. The van der Waals surface area contributed by atoms with E-state index in [0.717, 1.165) is 11.3 Å². The highest BCUT2D eigenvalue weighted by Gasteiger charge is 2.27. The minimum Gasteiger partial charge on any atom is -0.485 e. The van der Waals surface area contributed by atoms with Gasteiger partial charge in [-0.05, 0) is 37.6 Å². The van der Waals surface area contributed by atoms with Crippen molar-refractivity contribution < 1.29 is 14.3 Å². The van der Waals surface area contributed by atoms with E-state index in [1.54, 1.807) is 12.1 Å². The summed E-state index contributed by atoms with van der Waals surface area (Å²) in [5, 5.41) is 2.74. The molecule has 6 nitrogen and oxygen atoms in total. The number of nitrogens with one attached hydrogen (secondary N) is 2. The van der Waals surface area contributed by atoms with Crippen LogP contribution in [0.25, 0.3) is 0 Å². The number of H-pyrrole nitrogens is 1. The number of aromatic amines is 1. The van der Waals surface area contributed by atoms with Crippen LogP contribution in [0, 0.1) is 13.8 Å². The zero-order valence-electron chi connectivity index (χ0n) is 13.0. The molecule has 0 saturated carbocycles. The van der Waals surface area contributed by atoms with E-state index in [9.17, 15) is 9.59 Å². The molecule has 6 heteroatoms. The summed E-state index contributed by atoms with van der Waals surface area (Å²) >= 11 is 0. The number of ether oxygens (including phenoxy) is 2. The van der Waals surface area contributed by atoms with Gasteiger partial charge in [-0.1, -0.05) is 12.1 Å². The molecule has 0 fully saturated rings. The number of pyridine rings is 1. The van der Waals surface area contributed by atoms with E-state index < -0.39 is 6.10 Å². The molecule has 1 aliphatic heterocycles. The van der Waals surface area contributed by atoms with E-state index in [4.69, 9.17) is 9.47 Å². The maximum atomic E-state index is 12.2. The lowest BCUT2D eigenvalue weighted by atomic mass is 10.1. The lowest BCUT2D eigenvalue weighted by Crippen LogP contribution is -2.44. The van der Waals surface area contributed by atoms with Gasteiger partial charge in [0.05, 0.1) is 0 Å². The summed E-state index contributed by atoms with van der Waals surface area (Å²) in [5.41, 5.74) is 2.00. The van der Waals surface area contributed by atoms with Gasteiger partial charge in [-0.15, -0.1) is 0 Å². The molecule has 0 bridgehead atoms. The van der Waals surface area contributed by atoms with Crippen molar-refractivity contribution in [3.63, 3.8) is 0 Å². The van der Waals surface area contributed by atoms with Crippen LogP contribution in [0.4, 0.5) is 0 Å². The number of amides is 1. The van der Waals surface area contributed by atoms with Gasteiger partial charge in [0.25, 0.3) is 11.5 Å². The number of carbonyl (C=O) groups is 1. The fraction of sp³-hybridized carbons (Fsp3) is 0.294. The molecule has 2 heterocycles. The molecule has 0 saturated heterocycles. The van der Waals surface area contributed by atoms with Crippen LogP contribution in [0.2, 0.25) is 0 Å². The third kappa shape index (κ3) is 3.21. The predicted octanol–water partition coefficient (Wildman–Crippen LogP) is 1.45. The van der Waals surface area contributed by atoms with Crippen molar-refractivity contribution in [2.24, 2.45) is 0 Å². The van der Waals surface area contributed by atoms with Crippen LogP contribution in [0.15, 0.2) is 35.1 Å². The predicted molar refractivity (Wildman–Crippen MR) is 84.7 cm³/mol. The highest BCUT2D eigenvalue weighted by Crippen LogP contribution is 2.30. The van der Waals surface area contributed by atoms with Gasteiger partial charge < -0.3 is 19.8 Å². The summed E-state index contributed by atoms with van der Waals surface area (Å²) in [6, 6.07) is 9.08. The van der Waals surface area contributed by atoms with Gasteiger partial charge in [0.2, 0.25) is 6.10 Å². The highest BCUT2D eigenvalue weighted by atomic mass is 16.6. The first-order valence-corrected chi connectivity index (χ1v) is 7.40. The number of benzene rings is 1. The number of carbonyl (C=O) groups excluding carboxylic acids is 1. The number of aromatic nitrogens is 1. The van der Waals surface area contributed by atoms with Crippen molar-refractivity contribution in [3.05, 3.63) is 57.5 Å². The summed E-state index contributed by atoms with van der Waals surface area (Å²) in [6.07, 6.45) is -0.727. The van der Waals surface area contributed by atoms with E-state index in [1.807, 2.05) is 32.0 Å². The second-order valence-electron chi connectivity index (χ2n) is 5.53. The number of aryl methyl sites for hydroxylation is 2. The zero-order chi connectivity index (χ0) is 16.4. The first-order chi connectivity index (χ1) is 11.0. The topological polar surface area (TPSA) is 80.4 Å². The summed E-state index contributed by atoms with van der Waals surface area (Å²) in [4.78, 5) is 26.9. The van der Waals surface area contributed by atoms with E-state index in [-0.39, 0.29) is 24.6 Å². The Bertz CT molecular complexity index is 797. The Hall–Kier alpha value is -2.76. The van der Waals surface area contributed by atoms with Crippen molar-refractivity contribution in [2.45, 2.75) is 26.5 Å². The fourth-order valence-corrected chi connectivity index (χ4v) is 2.54. The molecule has 0 unspecified atom stereocenters. The standard InChI is InChI=1S/C17H18N2O4/c1-10-7-11(2)19-16(20)12(10)8-18-17(21)15-9-22-13-5-3-4-6-14(13)23-15/h3-7,15H,8-9H2,1-2H3,(H,18,21)(H,19,20)/t15-/m0/s1. The summed E-state index contributed by atoms with van der Waals surface area (Å²) in [6.45, 7) is 3.97. The zero-order valence-corrected chi connectivity index (χ0v) is 13.0. The second-order valence-corrected chi connectivity index (χ2v) is 5.53. The molecule has 23 heavy (non-hydrogen) atoms. The van der Waals surface area contributed by atoms with Crippen LogP contribution >= 0.6 is 0 Å². The smallest absolute Gasteiger partial charge is 0.264 e. The Labute approximate surface area is 133 Å². The summed E-state index contributed by atoms with van der Waals surface area (Å²) in [5.74, 6) is 0.865. The van der Waals surface area contributed by atoms with Gasteiger partial charge in [-0.2, -0.15) is 0 Å². The molecule has 3 rings (SSSR count). The van der Waals surface area contributed by atoms with Crippen molar-refractivity contribution in [2.75, 3.05) is 6.61 Å². The lowest BCUT2D eigenvalue weighted by Gasteiger charge is -2.25. The Morgan fingerprint density at radius 1 is 1.30 bits per heavy atom. The molecular formula is C17H18N2O4. The average molecular weight is 314 g/mol. The molecule has 0 aliphatic carbocycles. The number of rotatable bonds is 3. The number of hydrogen-bond donors (Lipinski definition) is 2. The molecule has 2 N–H and O–H groups in total.